The molecular weight excluding hydrogens is 254 g/mol. The fourth-order valence-electron chi connectivity index (χ4n) is 3.28. The smallest absolute Gasteiger partial charge is 0.245 e. The van der Waals surface area contributed by atoms with Gasteiger partial charge in [-0.2, -0.15) is 0 Å². The summed E-state index contributed by atoms with van der Waals surface area (Å²) in [4.78, 5) is 28.2. The van der Waals surface area contributed by atoms with Crippen molar-refractivity contribution in [2.24, 2.45) is 5.92 Å². The Morgan fingerprint density at radius 2 is 2.05 bits per heavy atom. The molecule has 0 bridgehead atoms. The van der Waals surface area contributed by atoms with Crippen LogP contribution in [0.4, 0.5) is 0 Å². The monoisotopic (exact) mass is 279 g/mol. The molecule has 0 radical (unpaired) electrons. The Labute approximate surface area is 120 Å². The average molecular weight is 279 g/mol. The first-order valence-corrected chi connectivity index (χ1v) is 7.97. The van der Waals surface area contributed by atoms with Gasteiger partial charge in [0.05, 0.1) is 6.54 Å². The quantitative estimate of drug-likeness (QED) is 0.802. The zero-order valence-corrected chi connectivity index (χ0v) is 12.3. The number of nitrogens with one attached hydrogen (secondary N) is 1. The van der Waals surface area contributed by atoms with Gasteiger partial charge in [0.25, 0.3) is 0 Å². The number of carbonyl (C=O) groups is 2. The van der Waals surface area contributed by atoms with Crippen LogP contribution in [-0.2, 0) is 9.59 Å². The van der Waals surface area contributed by atoms with E-state index in [-0.39, 0.29) is 24.4 Å². The highest BCUT2D eigenvalue weighted by atomic mass is 16.2. The van der Waals surface area contributed by atoms with E-state index < -0.39 is 0 Å². The summed E-state index contributed by atoms with van der Waals surface area (Å²) in [5, 5.41) is 3.49. The molecule has 2 unspecified atom stereocenters. The normalized spacial score (nSPS) is 28.6. The molecule has 1 aliphatic carbocycles. The average Bonchev–Trinajstić information content (AvgIpc) is 3.26. The Balaban J connectivity index is 1.55. The largest absolute Gasteiger partial charge is 0.331 e. The third-order valence-corrected chi connectivity index (χ3v) is 4.61. The maximum Gasteiger partial charge on any atom is 0.245 e. The summed E-state index contributed by atoms with van der Waals surface area (Å²) in [6.45, 7) is 4.84. The molecule has 5 nitrogen and oxygen atoms in total. The van der Waals surface area contributed by atoms with E-state index >= 15 is 0 Å². The van der Waals surface area contributed by atoms with Crippen molar-refractivity contribution < 1.29 is 9.59 Å². The van der Waals surface area contributed by atoms with Crippen LogP contribution in [0.3, 0.4) is 0 Å². The van der Waals surface area contributed by atoms with Gasteiger partial charge in [-0.15, -0.1) is 0 Å². The molecular formula is C15H25N3O2. The van der Waals surface area contributed by atoms with Crippen molar-refractivity contribution in [2.75, 3.05) is 26.2 Å². The SMILES string of the molecule is CC(CNC1CC1)CN1CC(=O)N2CCCCC2C1=O. The summed E-state index contributed by atoms with van der Waals surface area (Å²) in [6, 6.07) is 0.526. The molecule has 0 aromatic carbocycles. The van der Waals surface area contributed by atoms with E-state index in [9.17, 15) is 9.59 Å². The molecule has 3 fully saturated rings. The maximum atomic E-state index is 12.5. The van der Waals surface area contributed by atoms with Crippen LogP contribution in [0.1, 0.15) is 39.0 Å². The third kappa shape index (κ3) is 2.97. The molecule has 2 amide bonds. The number of piperazine rings is 1. The minimum atomic E-state index is -0.173. The van der Waals surface area contributed by atoms with Crippen LogP contribution in [0.5, 0.6) is 0 Å². The van der Waals surface area contributed by atoms with Crippen LogP contribution < -0.4 is 5.32 Å². The number of amides is 2. The summed E-state index contributed by atoms with van der Waals surface area (Å²) in [5.41, 5.74) is 0. The molecule has 3 aliphatic rings. The van der Waals surface area contributed by atoms with Crippen molar-refractivity contribution >= 4 is 11.8 Å². The standard InChI is InChI=1S/C15H25N3O2/c1-11(8-16-12-5-6-12)9-17-10-14(19)18-7-3-2-4-13(18)15(17)20/h11-13,16H,2-10H2,1H3. The third-order valence-electron chi connectivity index (χ3n) is 4.61. The lowest BCUT2D eigenvalue weighted by molar-refractivity contribution is -0.158. The second-order valence-electron chi connectivity index (χ2n) is 6.61. The van der Waals surface area contributed by atoms with Crippen molar-refractivity contribution in [3.63, 3.8) is 0 Å². The number of hydrogen-bond donors (Lipinski definition) is 1. The molecule has 0 aromatic rings. The number of nitrogens with zero attached hydrogens (tertiary/aromatic N) is 2. The summed E-state index contributed by atoms with van der Waals surface area (Å²) in [6.07, 6.45) is 5.51. The van der Waals surface area contributed by atoms with Gasteiger partial charge in [-0.25, -0.2) is 0 Å². The van der Waals surface area contributed by atoms with Gasteiger partial charge in [0.2, 0.25) is 11.8 Å². The van der Waals surface area contributed by atoms with E-state index in [0.29, 0.717) is 18.5 Å². The van der Waals surface area contributed by atoms with Crippen LogP contribution in [0, 0.1) is 5.92 Å². The van der Waals surface area contributed by atoms with Crippen LogP contribution in [0.15, 0.2) is 0 Å². The molecule has 2 saturated heterocycles. The fourth-order valence-corrected chi connectivity index (χ4v) is 3.28. The minimum absolute atomic E-state index is 0.136. The first-order chi connectivity index (χ1) is 9.65. The molecule has 0 spiro atoms. The van der Waals surface area contributed by atoms with Gasteiger partial charge in [0, 0.05) is 19.1 Å². The summed E-state index contributed by atoms with van der Waals surface area (Å²) in [7, 11) is 0. The van der Waals surface area contributed by atoms with Crippen LogP contribution in [0.25, 0.3) is 0 Å². The van der Waals surface area contributed by atoms with E-state index in [4.69, 9.17) is 0 Å². The first-order valence-electron chi connectivity index (χ1n) is 7.97. The Kier molecular flexibility index (Phi) is 3.96. The van der Waals surface area contributed by atoms with Gasteiger partial charge in [-0.1, -0.05) is 6.92 Å². The molecule has 2 heterocycles. The van der Waals surface area contributed by atoms with E-state index in [1.165, 1.54) is 12.8 Å². The number of piperidine rings is 1. The Hall–Kier alpha value is -1.10. The highest BCUT2D eigenvalue weighted by molar-refractivity contribution is 5.95. The second-order valence-corrected chi connectivity index (χ2v) is 6.61. The molecule has 1 saturated carbocycles. The van der Waals surface area contributed by atoms with Gasteiger partial charge in [0.1, 0.15) is 6.04 Å². The molecule has 1 N–H and O–H groups in total. The zero-order valence-electron chi connectivity index (χ0n) is 12.3. The van der Waals surface area contributed by atoms with Crippen molar-refractivity contribution in [1.82, 2.24) is 15.1 Å². The van der Waals surface area contributed by atoms with Crippen molar-refractivity contribution in [1.29, 1.82) is 0 Å². The van der Waals surface area contributed by atoms with E-state index in [2.05, 4.69) is 12.2 Å². The molecule has 2 aliphatic heterocycles. The number of rotatable bonds is 5. The van der Waals surface area contributed by atoms with E-state index in [1.54, 1.807) is 9.80 Å². The van der Waals surface area contributed by atoms with Gasteiger partial charge in [-0.3, -0.25) is 9.59 Å². The predicted molar refractivity (Wildman–Crippen MR) is 76.1 cm³/mol. The van der Waals surface area contributed by atoms with Crippen LogP contribution in [-0.4, -0.2) is 59.9 Å². The van der Waals surface area contributed by atoms with Gasteiger partial charge >= 0.3 is 0 Å². The molecule has 2 atom stereocenters. The lowest BCUT2D eigenvalue weighted by Crippen LogP contribution is -2.61. The summed E-state index contributed by atoms with van der Waals surface area (Å²) in [5.74, 6) is 0.710. The molecule has 112 valence electrons. The second kappa shape index (κ2) is 5.72. The Bertz CT molecular complexity index is 395. The number of carbonyl (C=O) groups excluding carboxylic acids is 2. The highest BCUT2D eigenvalue weighted by Crippen LogP contribution is 2.24. The molecule has 20 heavy (non-hydrogen) atoms. The maximum absolute atomic E-state index is 12.5. The predicted octanol–water partition coefficient (Wildman–Crippen LogP) is 0.598. The lowest BCUT2D eigenvalue weighted by Gasteiger charge is -2.43. The van der Waals surface area contributed by atoms with E-state index in [0.717, 1.165) is 32.4 Å². The van der Waals surface area contributed by atoms with Gasteiger partial charge in [0.15, 0.2) is 0 Å². The zero-order chi connectivity index (χ0) is 14.1. The van der Waals surface area contributed by atoms with E-state index in [1.807, 2.05) is 0 Å². The highest BCUT2D eigenvalue weighted by Gasteiger charge is 2.40. The molecule has 0 aromatic heterocycles. The number of hydrogen-bond acceptors (Lipinski definition) is 3. The van der Waals surface area contributed by atoms with Gasteiger partial charge in [-0.05, 0) is 44.6 Å². The Morgan fingerprint density at radius 1 is 1.25 bits per heavy atom. The van der Waals surface area contributed by atoms with Crippen molar-refractivity contribution in [2.45, 2.75) is 51.1 Å². The van der Waals surface area contributed by atoms with Crippen LogP contribution in [0.2, 0.25) is 0 Å². The topological polar surface area (TPSA) is 52.7 Å². The van der Waals surface area contributed by atoms with Crippen LogP contribution >= 0.6 is 0 Å². The molecule has 3 rings (SSSR count). The summed E-state index contributed by atoms with van der Waals surface area (Å²) < 4.78 is 0. The van der Waals surface area contributed by atoms with Gasteiger partial charge < -0.3 is 15.1 Å². The minimum Gasteiger partial charge on any atom is -0.331 e. The van der Waals surface area contributed by atoms with Crippen molar-refractivity contribution in [3.8, 4) is 0 Å². The van der Waals surface area contributed by atoms with Crippen molar-refractivity contribution in [3.05, 3.63) is 0 Å². The fraction of sp³-hybridized carbons (Fsp3) is 0.867. The number of fused-ring (bicyclic) bond motifs is 1. The molecule has 5 heteroatoms. The lowest BCUT2D eigenvalue weighted by atomic mass is 9.97. The first kappa shape index (κ1) is 13.9. The Morgan fingerprint density at radius 3 is 2.80 bits per heavy atom. The summed E-state index contributed by atoms with van der Waals surface area (Å²) >= 11 is 0.